The molecule has 0 N–H and O–H groups in total. The van der Waals surface area contributed by atoms with E-state index in [1.807, 2.05) is 0 Å². The van der Waals surface area contributed by atoms with Crippen molar-refractivity contribution in [3.63, 3.8) is 0 Å². The highest BCUT2D eigenvalue weighted by Crippen LogP contribution is 2.34. The first-order chi connectivity index (χ1) is 14.4. The third kappa shape index (κ3) is 12.3. The van der Waals surface area contributed by atoms with Gasteiger partial charge in [0.1, 0.15) is 24.4 Å². The van der Waals surface area contributed by atoms with Crippen molar-refractivity contribution in [3.05, 3.63) is 0 Å². The summed E-state index contributed by atoms with van der Waals surface area (Å²) in [7, 11) is 0. The number of hydrogen-bond acceptors (Lipinski definition) is 4. The average molecular weight is 413 g/mol. The molecule has 0 aromatic heterocycles. The van der Waals surface area contributed by atoms with Crippen LogP contribution in [-0.4, -0.2) is 50.8 Å². The van der Waals surface area contributed by atoms with Crippen LogP contribution in [0.15, 0.2) is 0 Å². The molecular weight excluding hydrogens is 364 g/mol. The largest absolute Gasteiger partial charge is 0.379 e. The fourth-order valence-corrected chi connectivity index (χ4v) is 4.05. The van der Waals surface area contributed by atoms with E-state index < -0.39 is 0 Å². The molecule has 172 valence electrons. The summed E-state index contributed by atoms with van der Waals surface area (Å²) in [4.78, 5) is 0. The molecular formula is C25H48O4. The van der Waals surface area contributed by atoms with Crippen molar-refractivity contribution in [3.8, 4) is 0 Å². The molecule has 4 atom stereocenters. The molecule has 4 heteroatoms. The predicted molar refractivity (Wildman–Crippen MR) is 120 cm³/mol. The molecule has 0 aromatic carbocycles. The van der Waals surface area contributed by atoms with Gasteiger partial charge in [0.2, 0.25) is 0 Å². The zero-order chi connectivity index (χ0) is 20.6. The van der Waals surface area contributed by atoms with E-state index in [-0.39, 0.29) is 24.4 Å². The van der Waals surface area contributed by atoms with E-state index in [4.69, 9.17) is 18.9 Å². The van der Waals surface area contributed by atoms with Crippen LogP contribution >= 0.6 is 0 Å². The highest BCUT2D eigenvalue weighted by molar-refractivity contribution is 4.98. The maximum absolute atomic E-state index is 6.15. The standard InChI is InChI=1S/C25H48O4/c1-3-5-7-9-11-13-15-17-19-27-24(22-21-28-22)25-23(29-25)20-26-18-16-14-12-10-8-6-4-2/h22-25H,3-21H2,1-2H3. The van der Waals surface area contributed by atoms with Crippen LogP contribution in [0.3, 0.4) is 0 Å². The smallest absolute Gasteiger partial charge is 0.115 e. The minimum atomic E-state index is 0.117. The lowest BCUT2D eigenvalue weighted by atomic mass is 10.1. The molecule has 0 spiro atoms. The van der Waals surface area contributed by atoms with Crippen LogP contribution in [0.1, 0.15) is 110 Å². The van der Waals surface area contributed by atoms with E-state index in [2.05, 4.69) is 13.8 Å². The molecule has 4 nitrogen and oxygen atoms in total. The van der Waals surface area contributed by atoms with Gasteiger partial charge >= 0.3 is 0 Å². The number of rotatable bonds is 22. The van der Waals surface area contributed by atoms with Gasteiger partial charge < -0.3 is 18.9 Å². The van der Waals surface area contributed by atoms with Gasteiger partial charge in [-0.05, 0) is 12.8 Å². The molecule has 0 amide bonds. The summed E-state index contributed by atoms with van der Waals surface area (Å²) >= 11 is 0. The Morgan fingerprint density at radius 1 is 0.724 bits per heavy atom. The van der Waals surface area contributed by atoms with Crippen molar-refractivity contribution in [1.29, 1.82) is 0 Å². The maximum Gasteiger partial charge on any atom is 0.115 e. The summed E-state index contributed by atoms with van der Waals surface area (Å²) < 4.78 is 23.4. The Morgan fingerprint density at radius 3 is 1.79 bits per heavy atom. The van der Waals surface area contributed by atoms with E-state index >= 15 is 0 Å². The van der Waals surface area contributed by atoms with Gasteiger partial charge in [-0.25, -0.2) is 0 Å². The topological polar surface area (TPSA) is 43.5 Å². The van der Waals surface area contributed by atoms with Gasteiger partial charge in [-0.2, -0.15) is 0 Å². The minimum absolute atomic E-state index is 0.117. The molecule has 2 aliphatic rings. The normalized spacial score (nSPS) is 24.0. The Kier molecular flexibility index (Phi) is 14.3. The van der Waals surface area contributed by atoms with Crippen LogP contribution < -0.4 is 0 Å². The van der Waals surface area contributed by atoms with Crippen molar-refractivity contribution in [1.82, 2.24) is 0 Å². The second-order valence-electron chi connectivity index (χ2n) is 9.02. The van der Waals surface area contributed by atoms with Crippen molar-refractivity contribution in [2.24, 2.45) is 0 Å². The van der Waals surface area contributed by atoms with Crippen LogP contribution in [0.25, 0.3) is 0 Å². The van der Waals surface area contributed by atoms with Gasteiger partial charge in [-0.1, -0.05) is 97.3 Å². The third-order valence-electron chi connectivity index (χ3n) is 6.15. The Hall–Kier alpha value is -0.160. The number of epoxide rings is 2. The van der Waals surface area contributed by atoms with Gasteiger partial charge in [0, 0.05) is 13.2 Å². The predicted octanol–water partition coefficient (Wildman–Crippen LogP) is 6.45. The van der Waals surface area contributed by atoms with Crippen LogP contribution in [0.2, 0.25) is 0 Å². The Bertz CT molecular complexity index is 372. The van der Waals surface area contributed by atoms with Gasteiger partial charge in [0.25, 0.3) is 0 Å². The first kappa shape index (κ1) is 25.1. The molecule has 0 saturated carbocycles. The monoisotopic (exact) mass is 412 g/mol. The SMILES string of the molecule is CCCCCCCCCCOC(C1CO1)C1OC1COCCCCCCCCC. The van der Waals surface area contributed by atoms with Crippen molar-refractivity contribution in [2.75, 3.05) is 26.4 Å². The molecule has 0 radical (unpaired) electrons. The van der Waals surface area contributed by atoms with E-state index in [1.54, 1.807) is 0 Å². The van der Waals surface area contributed by atoms with Gasteiger partial charge in [0.05, 0.1) is 13.2 Å². The highest BCUT2D eigenvalue weighted by atomic mass is 16.7. The van der Waals surface area contributed by atoms with Crippen LogP contribution in [0, 0.1) is 0 Å². The van der Waals surface area contributed by atoms with Gasteiger partial charge in [0.15, 0.2) is 0 Å². The molecule has 2 rings (SSSR count). The zero-order valence-corrected chi connectivity index (χ0v) is 19.4. The third-order valence-corrected chi connectivity index (χ3v) is 6.15. The van der Waals surface area contributed by atoms with E-state index in [9.17, 15) is 0 Å². The molecule has 2 heterocycles. The summed E-state index contributed by atoms with van der Waals surface area (Å²) in [5, 5.41) is 0. The van der Waals surface area contributed by atoms with Crippen LogP contribution in [-0.2, 0) is 18.9 Å². The van der Waals surface area contributed by atoms with Crippen LogP contribution in [0.5, 0.6) is 0 Å². The van der Waals surface area contributed by atoms with Gasteiger partial charge in [-0.3, -0.25) is 0 Å². The van der Waals surface area contributed by atoms with E-state index in [1.165, 1.54) is 89.9 Å². The highest BCUT2D eigenvalue weighted by Gasteiger charge is 2.52. The number of ether oxygens (including phenoxy) is 4. The van der Waals surface area contributed by atoms with E-state index in [0.29, 0.717) is 6.61 Å². The van der Waals surface area contributed by atoms with E-state index in [0.717, 1.165) is 26.2 Å². The minimum Gasteiger partial charge on any atom is -0.379 e. The summed E-state index contributed by atoms with van der Waals surface area (Å²) in [5.41, 5.74) is 0. The van der Waals surface area contributed by atoms with Crippen LogP contribution in [0.4, 0.5) is 0 Å². The number of hydrogen-bond donors (Lipinski definition) is 0. The summed E-state index contributed by atoms with van der Waals surface area (Å²) in [6.07, 6.45) is 20.7. The van der Waals surface area contributed by atoms with Gasteiger partial charge in [-0.15, -0.1) is 0 Å². The molecule has 0 bridgehead atoms. The second kappa shape index (κ2) is 16.5. The zero-order valence-electron chi connectivity index (χ0n) is 19.4. The lowest BCUT2D eigenvalue weighted by Gasteiger charge is -2.13. The fourth-order valence-electron chi connectivity index (χ4n) is 4.05. The lowest BCUT2D eigenvalue weighted by molar-refractivity contribution is 0.0129. The van der Waals surface area contributed by atoms with Crippen molar-refractivity contribution >= 4 is 0 Å². The average Bonchev–Trinajstić information content (AvgIpc) is 3.64. The molecule has 2 aliphatic heterocycles. The first-order valence-electron chi connectivity index (χ1n) is 12.8. The summed E-state index contributed by atoms with van der Waals surface area (Å²) in [6.45, 7) is 7.78. The summed E-state index contributed by atoms with van der Waals surface area (Å²) in [5.74, 6) is 0. The Balaban J connectivity index is 1.40. The molecule has 0 aliphatic carbocycles. The molecule has 2 saturated heterocycles. The van der Waals surface area contributed by atoms with Crippen molar-refractivity contribution < 1.29 is 18.9 Å². The molecule has 29 heavy (non-hydrogen) atoms. The Morgan fingerprint density at radius 2 is 1.24 bits per heavy atom. The lowest BCUT2D eigenvalue weighted by Crippen LogP contribution is -2.29. The molecule has 0 aromatic rings. The first-order valence-corrected chi connectivity index (χ1v) is 12.8. The molecule has 4 unspecified atom stereocenters. The molecule has 2 fully saturated rings. The number of unbranched alkanes of at least 4 members (excludes halogenated alkanes) is 13. The maximum atomic E-state index is 6.15. The Labute approximate surface area is 180 Å². The quantitative estimate of drug-likeness (QED) is 0.151. The second-order valence-corrected chi connectivity index (χ2v) is 9.02. The summed E-state index contributed by atoms with van der Waals surface area (Å²) in [6, 6.07) is 0. The fraction of sp³-hybridized carbons (Fsp3) is 1.00. The van der Waals surface area contributed by atoms with Crippen molar-refractivity contribution in [2.45, 2.75) is 135 Å².